The van der Waals surface area contributed by atoms with Crippen molar-refractivity contribution in [2.45, 2.75) is 148 Å². The molecule has 0 aromatic carbocycles. The van der Waals surface area contributed by atoms with Gasteiger partial charge in [0.05, 0.1) is 0 Å². The Morgan fingerprint density at radius 3 is 1.35 bits per heavy atom. The maximum atomic E-state index is 10.4. The maximum Gasteiger partial charge on any atom is 0.320 e. The number of carboxylic acids is 2. The molecule has 0 fully saturated rings. The number of aliphatic carboxylic acids is 2. The highest BCUT2D eigenvalue weighted by Crippen LogP contribution is 2.11. The van der Waals surface area contributed by atoms with Crippen molar-refractivity contribution in [3.8, 4) is 23.7 Å². The molecule has 5 heteroatoms. The predicted octanol–water partition coefficient (Wildman–Crippen LogP) is 7.32. The third-order valence-electron chi connectivity index (χ3n) is 5.59. The number of carboxylic acid groups (broad SMARTS) is 2. The van der Waals surface area contributed by atoms with Gasteiger partial charge in [0.25, 0.3) is 0 Å². The molecule has 0 bridgehead atoms. The SMILES string of the molecule is CCC(N)C(=O)O.CCCCCCCCCCCCC#CC#CCCCCCCCCC(=O)O. The van der Waals surface area contributed by atoms with Gasteiger partial charge in [-0.05, 0) is 37.5 Å². The molecule has 0 amide bonds. The van der Waals surface area contributed by atoms with Crippen molar-refractivity contribution in [2.24, 2.45) is 5.73 Å². The molecule has 1 atom stereocenters. The van der Waals surface area contributed by atoms with Crippen molar-refractivity contribution in [1.29, 1.82) is 0 Å². The topological polar surface area (TPSA) is 101 Å². The van der Waals surface area contributed by atoms with Gasteiger partial charge in [0.2, 0.25) is 0 Å². The van der Waals surface area contributed by atoms with Crippen molar-refractivity contribution in [3.63, 3.8) is 0 Å². The van der Waals surface area contributed by atoms with E-state index in [0.29, 0.717) is 12.8 Å². The Morgan fingerprint density at radius 1 is 0.647 bits per heavy atom. The van der Waals surface area contributed by atoms with Crippen LogP contribution in [0.1, 0.15) is 142 Å². The van der Waals surface area contributed by atoms with E-state index in [9.17, 15) is 9.59 Å². The Morgan fingerprint density at radius 2 is 1.03 bits per heavy atom. The summed E-state index contributed by atoms with van der Waals surface area (Å²) in [7, 11) is 0. The van der Waals surface area contributed by atoms with Crippen LogP contribution in [-0.4, -0.2) is 28.2 Å². The number of hydrogen-bond donors (Lipinski definition) is 3. The van der Waals surface area contributed by atoms with Crippen molar-refractivity contribution in [1.82, 2.24) is 0 Å². The third-order valence-corrected chi connectivity index (χ3v) is 5.59. The molecule has 1 unspecified atom stereocenters. The summed E-state index contributed by atoms with van der Waals surface area (Å²) in [6, 6.07) is -0.681. The lowest BCUT2D eigenvalue weighted by molar-refractivity contribution is -0.139. The molecule has 0 heterocycles. The van der Waals surface area contributed by atoms with Crippen LogP contribution in [0.3, 0.4) is 0 Å². The van der Waals surface area contributed by atoms with E-state index in [0.717, 1.165) is 38.5 Å². The Bertz CT molecular complexity index is 595. The van der Waals surface area contributed by atoms with E-state index in [4.69, 9.17) is 15.9 Å². The number of unbranched alkanes of at least 4 members (excludes halogenated alkanes) is 16. The number of hydrogen-bond acceptors (Lipinski definition) is 3. The van der Waals surface area contributed by atoms with Crippen LogP contribution < -0.4 is 5.73 Å². The van der Waals surface area contributed by atoms with E-state index >= 15 is 0 Å². The summed E-state index contributed by atoms with van der Waals surface area (Å²) < 4.78 is 0. The minimum absolute atomic E-state index is 0.309. The summed E-state index contributed by atoms with van der Waals surface area (Å²) in [5, 5.41) is 16.6. The fourth-order valence-corrected chi connectivity index (χ4v) is 3.29. The van der Waals surface area contributed by atoms with Crippen LogP contribution in [-0.2, 0) is 9.59 Å². The summed E-state index contributed by atoms with van der Waals surface area (Å²) in [6.45, 7) is 4.00. The monoisotopic (exact) mass is 477 g/mol. The van der Waals surface area contributed by atoms with E-state index in [2.05, 4.69) is 30.6 Å². The summed E-state index contributed by atoms with van der Waals surface area (Å²) in [5.41, 5.74) is 5.02. The second kappa shape index (κ2) is 29.1. The van der Waals surface area contributed by atoms with Gasteiger partial charge in [-0.1, -0.05) is 109 Å². The molecular formula is C29H51NO4. The zero-order chi connectivity index (χ0) is 25.7. The van der Waals surface area contributed by atoms with Crippen molar-refractivity contribution in [2.75, 3.05) is 0 Å². The first-order valence-electron chi connectivity index (χ1n) is 13.6. The van der Waals surface area contributed by atoms with Crippen molar-refractivity contribution < 1.29 is 19.8 Å². The highest BCUT2D eigenvalue weighted by molar-refractivity contribution is 5.72. The first-order chi connectivity index (χ1) is 16.5. The molecule has 196 valence electrons. The number of nitrogens with two attached hydrogens (primary N) is 1. The van der Waals surface area contributed by atoms with Gasteiger partial charge >= 0.3 is 11.9 Å². The summed E-state index contributed by atoms with van der Waals surface area (Å²) >= 11 is 0. The maximum absolute atomic E-state index is 10.4. The van der Waals surface area contributed by atoms with Gasteiger partial charge in [-0.15, -0.1) is 0 Å². The summed E-state index contributed by atoms with van der Waals surface area (Å²) in [5.74, 6) is 10.7. The van der Waals surface area contributed by atoms with Crippen LogP contribution in [0, 0.1) is 23.7 Å². The molecule has 34 heavy (non-hydrogen) atoms. The van der Waals surface area contributed by atoms with Crippen LogP contribution in [0.2, 0.25) is 0 Å². The molecule has 0 aliphatic carbocycles. The molecule has 0 saturated carbocycles. The zero-order valence-electron chi connectivity index (χ0n) is 22.0. The molecule has 0 radical (unpaired) electrons. The smallest absolute Gasteiger partial charge is 0.320 e. The molecule has 0 aliphatic heterocycles. The Hall–Kier alpha value is -1.98. The first kappa shape index (κ1) is 34.2. The van der Waals surface area contributed by atoms with Crippen LogP contribution >= 0.6 is 0 Å². The van der Waals surface area contributed by atoms with Crippen molar-refractivity contribution in [3.05, 3.63) is 0 Å². The molecule has 0 spiro atoms. The van der Waals surface area contributed by atoms with Gasteiger partial charge in [0.15, 0.2) is 0 Å². The first-order valence-corrected chi connectivity index (χ1v) is 13.6. The Balaban J connectivity index is 0. The van der Waals surface area contributed by atoms with Gasteiger partial charge in [0.1, 0.15) is 6.04 Å². The largest absolute Gasteiger partial charge is 0.481 e. The van der Waals surface area contributed by atoms with Crippen LogP contribution in [0.25, 0.3) is 0 Å². The van der Waals surface area contributed by atoms with E-state index in [-0.39, 0.29) is 0 Å². The number of rotatable bonds is 20. The average Bonchev–Trinajstić information content (AvgIpc) is 2.82. The molecule has 5 nitrogen and oxygen atoms in total. The van der Waals surface area contributed by atoms with E-state index in [1.807, 2.05) is 0 Å². The van der Waals surface area contributed by atoms with Gasteiger partial charge in [-0.2, -0.15) is 0 Å². The van der Waals surface area contributed by atoms with Crippen molar-refractivity contribution >= 4 is 11.9 Å². The van der Waals surface area contributed by atoms with E-state index < -0.39 is 18.0 Å². The molecule has 0 aliphatic rings. The number of carbonyl (C=O) groups is 2. The fourth-order valence-electron chi connectivity index (χ4n) is 3.29. The Kier molecular flexibility index (Phi) is 29.2. The zero-order valence-corrected chi connectivity index (χ0v) is 22.0. The summed E-state index contributed by atoms with van der Waals surface area (Å²) in [6.07, 6.45) is 22.9. The quantitative estimate of drug-likeness (QED) is 0.126. The molecule has 0 aromatic heterocycles. The van der Waals surface area contributed by atoms with Crippen LogP contribution in [0.4, 0.5) is 0 Å². The van der Waals surface area contributed by atoms with Gasteiger partial charge in [-0.25, -0.2) is 0 Å². The normalized spacial score (nSPS) is 10.7. The second-order valence-corrected chi connectivity index (χ2v) is 8.90. The van der Waals surface area contributed by atoms with Gasteiger partial charge in [-0.3, -0.25) is 9.59 Å². The van der Waals surface area contributed by atoms with E-state index in [1.165, 1.54) is 77.0 Å². The lowest BCUT2D eigenvalue weighted by Gasteiger charge is -2.00. The van der Waals surface area contributed by atoms with Gasteiger partial charge < -0.3 is 15.9 Å². The summed E-state index contributed by atoms with van der Waals surface area (Å²) in [4.78, 5) is 20.2. The predicted molar refractivity (Wildman–Crippen MR) is 142 cm³/mol. The molecule has 0 aromatic rings. The fraction of sp³-hybridized carbons (Fsp3) is 0.793. The lowest BCUT2D eigenvalue weighted by atomic mass is 10.1. The standard InChI is InChI=1S/C25H42O2.C4H9NO2/c1-2-3-4-5-6-7-8-9-10-11-12-13-14-15-16-17-18-19-20-21-22-23-24-25(26)27;1-2-3(5)4(6)7/h2-12,17-24H2,1H3,(H,26,27);3H,2,5H2,1H3,(H,6,7). The highest BCUT2D eigenvalue weighted by Gasteiger charge is 2.05. The Labute approximate surface area is 209 Å². The minimum atomic E-state index is -0.928. The molecule has 0 rings (SSSR count). The molecular weight excluding hydrogens is 426 g/mol. The van der Waals surface area contributed by atoms with Crippen LogP contribution in [0.5, 0.6) is 0 Å². The van der Waals surface area contributed by atoms with E-state index in [1.54, 1.807) is 6.92 Å². The van der Waals surface area contributed by atoms with Gasteiger partial charge in [0, 0.05) is 19.3 Å². The average molecular weight is 478 g/mol. The third kappa shape index (κ3) is 32.2. The van der Waals surface area contributed by atoms with Crippen LogP contribution in [0.15, 0.2) is 0 Å². The second-order valence-electron chi connectivity index (χ2n) is 8.90. The molecule has 4 N–H and O–H groups in total. The minimum Gasteiger partial charge on any atom is -0.481 e. The molecule has 0 saturated heterocycles. The lowest BCUT2D eigenvalue weighted by Crippen LogP contribution is -2.28. The highest BCUT2D eigenvalue weighted by atomic mass is 16.4.